The summed E-state index contributed by atoms with van der Waals surface area (Å²) in [4.78, 5) is 15.0. The average Bonchev–Trinajstić information content (AvgIpc) is 3.33. The molecule has 0 aliphatic carbocycles. The lowest BCUT2D eigenvalue weighted by molar-refractivity contribution is 0.183. The molecule has 2 aliphatic rings. The van der Waals surface area contributed by atoms with Gasteiger partial charge in [0.2, 0.25) is 0 Å². The minimum atomic E-state index is -0.109. The summed E-state index contributed by atoms with van der Waals surface area (Å²) in [6.45, 7) is 1.80. The van der Waals surface area contributed by atoms with Gasteiger partial charge < -0.3 is 10.2 Å². The van der Waals surface area contributed by atoms with Crippen LogP contribution < -0.4 is 10.2 Å². The predicted molar refractivity (Wildman–Crippen MR) is 99.7 cm³/mol. The maximum atomic E-state index is 12.7. The Hall–Kier alpha value is -2.82. The van der Waals surface area contributed by atoms with Crippen molar-refractivity contribution in [3.63, 3.8) is 0 Å². The van der Waals surface area contributed by atoms with Crippen molar-refractivity contribution in [1.29, 1.82) is 0 Å². The van der Waals surface area contributed by atoms with Crippen molar-refractivity contribution in [2.24, 2.45) is 5.10 Å². The fourth-order valence-corrected chi connectivity index (χ4v) is 3.55. The number of carbonyl (C=O) groups excluding carboxylic acids is 1. The molecule has 128 valence electrons. The Morgan fingerprint density at radius 3 is 2.52 bits per heavy atom. The van der Waals surface area contributed by atoms with E-state index in [4.69, 9.17) is 0 Å². The third-order valence-corrected chi connectivity index (χ3v) is 4.86. The molecule has 1 fully saturated rings. The standard InChI is InChI=1S/C20H22N4O/c25-20(24-19(11-13-21-24)16-7-3-1-4-8-16)22-17-12-14-23(15-17)18-9-5-2-6-10-18/h1-10,13,17,19H,11-12,14-15H2,(H,22,25). The molecule has 2 unspecified atom stereocenters. The van der Waals surface area contributed by atoms with Gasteiger partial charge in [0.05, 0.1) is 6.04 Å². The van der Waals surface area contributed by atoms with E-state index >= 15 is 0 Å². The molecule has 25 heavy (non-hydrogen) atoms. The molecule has 2 atom stereocenters. The van der Waals surface area contributed by atoms with E-state index in [-0.39, 0.29) is 18.1 Å². The summed E-state index contributed by atoms with van der Waals surface area (Å²) in [5.74, 6) is 0. The number of carbonyl (C=O) groups is 1. The van der Waals surface area contributed by atoms with Gasteiger partial charge in [-0.05, 0) is 24.1 Å². The fourth-order valence-electron chi connectivity index (χ4n) is 3.55. The fraction of sp³-hybridized carbons (Fsp3) is 0.300. The number of amides is 2. The molecule has 0 radical (unpaired) electrons. The van der Waals surface area contributed by atoms with E-state index in [0.717, 1.165) is 31.5 Å². The summed E-state index contributed by atoms with van der Waals surface area (Å²) in [5, 5.41) is 9.03. The second-order valence-corrected chi connectivity index (χ2v) is 6.52. The summed E-state index contributed by atoms with van der Waals surface area (Å²) in [6, 6.07) is 20.5. The molecular formula is C20H22N4O. The van der Waals surface area contributed by atoms with Crippen molar-refractivity contribution in [1.82, 2.24) is 10.3 Å². The molecule has 0 bridgehead atoms. The second-order valence-electron chi connectivity index (χ2n) is 6.52. The number of hydrogen-bond donors (Lipinski definition) is 1. The molecule has 2 aromatic carbocycles. The van der Waals surface area contributed by atoms with Crippen LogP contribution in [0.1, 0.15) is 24.4 Å². The lowest BCUT2D eigenvalue weighted by Crippen LogP contribution is -2.44. The SMILES string of the molecule is O=C(NC1CCN(c2ccccc2)C1)N1N=CCC1c1ccccc1. The molecule has 1 saturated heterocycles. The summed E-state index contributed by atoms with van der Waals surface area (Å²) >= 11 is 0. The molecule has 0 saturated carbocycles. The average molecular weight is 334 g/mol. The van der Waals surface area contributed by atoms with Gasteiger partial charge in [0.15, 0.2) is 0 Å². The molecule has 2 aliphatic heterocycles. The van der Waals surface area contributed by atoms with Gasteiger partial charge in [-0.3, -0.25) is 0 Å². The van der Waals surface area contributed by atoms with Gasteiger partial charge in [-0.25, -0.2) is 9.80 Å². The van der Waals surface area contributed by atoms with E-state index in [0.29, 0.717) is 0 Å². The minimum absolute atomic E-state index is 0.00664. The van der Waals surface area contributed by atoms with Crippen molar-refractivity contribution >= 4 is 17.9 Å². The summed E-state index contributed by atoms with van der Waals surface area (Å²) in [5.41, 5.74) is 2.33. The first-order valence-electron chi connectivity index (χ1n) is 8.78. The van der Waals surface area contributed by atoms with Gasteiger partial charge >= 0.3 is 6.03 Å². The van der Waals surface area contributed by atoms with Crippen molar-refractivity contribution in [3.05, 3.63) is 66.2 Å². The zero-order valence-corrected chi connectivity index (χ0v) is 14.1. The number of benzene rings is 2. The Morgan fingerprint density at radius 2 is 1.76 bits per heavy atom. The zero-order valence-electron chi connectivity index (χ0n) is 14.1. The van der Waals surface area contributed by atoms with Crippen LogP contribution in [0.3, 0.4) is 0 Å². The van der Waals surface area contributed by atoms with Crippen LogP contribution in [0.2, 0.25) is 0 Å². The Labute approximate surface area is 147 Å². The van der Waals surface area contributed by atoms with Gasteiger partial charge in [-0.1, -0.05) is 48.5 Å². The van der Waals surface area contributed by atoms with Crippen molar-refractivity contribution in [2.45, 2.75) is 24.9 Å². The van der Waals surface area contributed by atoms with Gasteiger partial charge in [0, 0.05) is 37.5 Å². The van der Waals surface area contributed by atoms with E-state index in [1.54, 1.807) is 5.01 Å². The van der Waals surface area contributed by atoms with Crippen LogP contribution >= 0.6 is 0 Å². The van der Waals surface area contributed by atoms with Gasteiger partial charge in [0.25, 0.3) is 0 Å². The largest absolute Gasteiger partial charge is 0.369 e. The quantitative estimate of drug-likeness (QED) is 0.935. The molecule has 2 amide bonds. The molecule has 2 aromatic rings. The maximum Gasteiger partial charge on any atom is 0.338 e. The number of nitrogens with zero attached hydrogens (tertiary/aromatic N) is 3. The number of nitrogens with one attached hydrogen (secondary N) is 1. The van der Waals surface area contributed by atoms with E-state index in [9.17, 15) is 4.79 Å². The minimum Gasteiger partial charge on any atom is -0.369 e. The highest BCUT2D eigenvalue weighted by molar-refractivity contribution is 5.78. The number of hydrogen-bond acceptors (Lipinski definition) is 3. The first kappa shape index (κ1) is 15.7. The first-order chi connectivity index (χ1) is 12.3. The van der Waals surface area contributed by atoms with E-state index < -0.39 is 0 Å². The second kappa shape index (κ2) is 6.97. The summed E-state index contributed by atoms with van der Waals surface area (Å²) < 4.78 is 0. The number of hydrazone groups is 1. The first-order valence-corrected chi connectivity index (χ1v) is 8.78. The molecule has 0 aromatic heterocycles. The van der Waals surface area contributed by atoms with Crippen molar-refractivity contribution < 1.29 is 4.79 Å². The highest BCUT2D eigenvalue weighted by Gasteiger charge is 2.31. The Bertz CT molecular complexity index is 747. The van der Waals surface area contributed by atoms with Crippen molar-refractivity contribution in [2.75, 3.05) is 18.0 Å². The third kappa shape index (κ3) is 3.36. The zero-order chi connectivity index (χ0) is 17.1. The van der Waals surface area contributed by atoms with Crippen LogP contribution in [-0.4, -0.2) is 36.4 Å². The van der Waals surface area contributed by atoms with Crippen molar-refractivity contribution in [3.8, 4) is 0 Å². The summed E-state index contributed by atoms with van der Waals surface area (Å²) in [7, 11) is 0. The van der Waals surface area contributed by atoms with Gasteiger partial charge in [0.1, 0.15) is 0 Å². The Balaban J connectivity index is 1.38. The lowest BCUT2D eigenvalue weighted by Gasteiger charge is -2.25. The normalized spacial score (nSPS) is 22.4. The Kier molecular flexibility index (Phi) is 4.37. The highest BCUT2D eigenvalue weighted by atomic mass is 16.2. The molecule has 2 heterocycles. The monoisotopic (exact) mass is 334 g/mol. The third-order valence-electron chi connectivity index (χ3n) is 4.86. The topological polar surface area (TPSA) is 47.9 Å². The molecule has 4 rings (SSSR count). The van der Waals surface area contributed by atoms with Crippen LogP contribution in [0.15, 0.2) is 65.8 Å². The number of urea groups is 1. The van der Waals surface area contributed by atoms with Gasteiger partial charge in [-0.2, -0.15) is 5.10 Å². The predicted octanol–water partition coefficient (Wildman–Crippen LogP) is 3.41. The molecule has 5 heteroatoms. The van der Waals surface area contributed by atoms with Crippen LogP contribution in [-0.2, 0) is 0 Å². The van der Waals surface area contributed by atoms with Crippen LogP contribution in [0, 0.1) is 0 Å². The molecular weight excluding hydrogens is 312 g/mol. The molecule has 5 nitrogen and oxygen atoms in total. The number of rotatable bonds is 3. The van der Waals surface area contributed by atoms with Crippen LogP contribution in [0.25, 0.3) is 0 Å². The Morgan fingerprint density at radius 1 is 1.04 bits per heavy atom. The summed E-state index contributed by atoms with van der Waals surface area (Å²) in [6.07, 6.45) is 3.54. The van der Waals surface area contributed by atoms with E-state index in [1.807, 2.05) is 54.7 Å². The number of anilines is 1. The molecule has 0 spiro atoms. The smallest absolute Gasteiger partial charge is 0.338 e. The van der Waals surface area contributed by atoms with E-state index in [1.165, 1.54) is 5.69 Å². The van der Waals surface area contributed by atoms with E-state index in [2.05, 4.69) is 27.5 Å². The van der Waals surface area contributed by atoms with Crippen LogP contribution in [0.5, 0.6) is 0 Å². The number of para-hydroxylation sites is 1. The lowest BCUT2D eigenvalue weighted by atomic mass is 10.1. The van der Waals surface area contributed by atoms with Crippen LogP contribution in [0.4, 0.5) is 10.5 Å². The van der Waals surface area contributed by atoms with Gasteiger partial charge in [-0.15, -0.1) is 0 Å². The highest BCUT2D eigenvalue weighted by Crippen LogP contribution is 2.28. The molecule has 1 N–H and O–H groups in total. The maximum absolute atomic E-state index is 12.7.